The van der Waals surface area contributed by atoms with Gasteiger partial charge in [-0.2, -0.15) is 0 Å². The van der Waals surface area contributed by atoms with Gasteiger partial charge in [-0.15, -0.1) is 11.3 Å². The van der Waals surface area contributed by atoms with Crippen molar-refractivity contribution in [3.05, 3.63) is 46.7 Å². The number of nitrogens with zero attached hydrogens (tertiary/aromatic N) is 3. The van der Waals surface area contributed by atoms with Crippen molar-refractivity contribution in [1.29, 1.82) is 0 Å². The highest BCUT2D eigenvalue weighted by molar-refractivity contribution is 7.21. The molecule has 0 spiro atoms. The van der Waals surface area contributed by atoms with Gasteiger partial charge < -0.3 is 9.88 Å². The molecular formula is C24H32N4OS. The topological polar surface area (TPSA) is 50.2 Å². The van der Waals surface area contributed by atoms with Crippen molar-refractivity contribution in [1.82, 2.24) is 19.8 Å². The Morgan fingerprint density at radius 3 is 2.60 bits per heavy atom. The summed E-state index contributed by atoms with van der Waals surface area (Å²) in [4.78, 5) is 22.1. The minimum Gasteiger partial charge on any atom is -0.351 e. The van der Waals surface area contributed by atoms with E-state index in [2.05, 4.69) is 37.1 Å². The number of thiophene rings is 1. The quantitative estimate of drug-likeness (QED) is 0.561. The van der Waals surface area contributed by atoms with E-state index in [4.69, 9.17) is 4.98 Å². The Kier molecular flexibility index (Phi) is 6.25. The lowest BCUT2D eigenvalue weighted by Crippen LogP contribution is -2.44. The molecule has 0 radical (unpaired) electrons. The number of nitrogens with one attached hydrogen (secondary N) is 1. The monoisotopic (exact) mass is 424 g/mol. The molecule has 1 saturated heterocycles. The second-order valence-corrected chi connectivity index (χ2v) is 9.61. The summed E-state index contributed by atoms with van der Waals surface area (Å²) < 4.78 is 2.04. The zero-order chi connectivity index (χ0) is 21.3. The minimum absolute atomic E-state index is 0.00139. The molecular weight excluding hydrogens is 392 g/mol. The molecule has 30 heavy (non-hydrogen) atoms. The Labute approximate surface area is 183 Å². The van der Waals surface area contributed by atoms with Crippen LogP contribution in [-0.2, 0) is 0 Å². The van der Waals surface area contributed by atoms with Gasteiger partial charge in [0.1, 0.15) is 9.71 Å². The largest absolute Gasteiger partial charge is 0.351 e. The van der Waals surface area contributed by atoms with E-state index in [1.165, 1.54) is 30.6 Å². The molecule has 0 aromatic carbocycles. The Balaban J connectivity index is 1.51. The highest BCUT2D eigenvalue weighted by Crippen LogP contribution is 2.35. The van der Waals surface area contributed by atoms with Gasteiger partial charge in [-0.1, -0.05) is 6.42 Å². The summed E-state index contributed by atoms with van der Waals surface area (Å²) in [6, 6.07) is 7.35. The Morgan fingerprint density at radius 2 is 1.90 bits per heavy atom. The summed E-state index contributed by atoms with van der Waals surface area (Å²) in [7, 11) is 0. The predicted octanol–water partition coefficient (Wildman–Crippen LogP) is 5.09. The Bertz CT molecular complexity index is 1010. The van der Waals surface area contributed by atoms with Crippen molar-refractivity contribution >= 4 is 27.5 Å². The lowest BCUT2D eigenvalue weighted by molar-refractivity contribution is 0.0929. The maximum Gasteiger partial charge on any atom is 0.263 e. The molecule has 5 nitrogen and oxygen atoms in total. The third-order valence-corrected chi connectivity index (χ3v) is 7.36. The Morgan fingerprint density at radius 1 is 1.20 bits per heavy atom. The van der Waals surface area contributed by atoms with Gasteiger partial charge in [0.15, 0.2) is 0 Å². The first-order valence-corrected chi connectivity index (χ1v) is 11.9. The molecule has 3 aromatic heterocycles. The van der Waals surface area contributed by atoms with E-state index in [9.17, 15) is 4.79 Å². The van der Waals surface area contributed by atoms with E-state index in [-0.39, 0.29) is 5.91 Å². The second kappa shape index (κ2) is 8.90. The van der Waals surface area contributed by atoms with Crippen LogP contribution in [0, 0.1) is 13.8 Å². The number of hydrogen-bond acceptors (Lipinski definition) is 4. The number of amides is 1. The highest BCUT2D eigenvalue weighted by Gasteiger charge is 2.25. The first-order chi connectivity index (χ1) is 14.5. The van der Waals surface area contributed by atoms with Gasteiger partial charge >= 0.3 is 0 Å². The van der Waals surface area contributed by atoms with Crippen molar-refractivity contribution in [3.63, 3.8) is 0 Å². The Hall–Kier alpha value is -2.18. The summed E-state index contributed by atoms with van der Waals surface area (Å²) in [5, 5.41) is 4.24. The standard InChI is InChI=1S/C24H32N4OS/c1-16-15-17(2)26-24-20(16)21(27-12-5-6-13-27)22(30-24)23(29)25-11-8-14-28-18(3)9-7-10-19(28)4/h5-6,12-13,15,18-19H,7-11,14H2,1-4H3,(H,25,29)/t18-,19+. The van der Waals surface area contributed by atoms with Gasteiger partial charge in [0.05, 0.1) is 5.69 Å². The van der Waals surface area contributed by atoms with E-state index in [1.54, 1.807) is 0 Å². The number of aryl methyl sites for hydroxylation is 2. The third-order valence-electron chi connectivity index (χ3n) is 6.29. The van der Waals surface area contributed by atoms with Crippen molar-refractivity contribution in [3.8, 4) is 5.69 Å². The van der Waals surface area contributed by atoms with Gasteiger partial charge in [0.25, 0.3) is 5.91 Å². The zero-order valence-corrected chi connectivity index (χ0v) is 19.3. The molecule has 160 valence electrons. The molecule has 6 heteroatoms. The highest BCUT2D eigenvalue weighted by atomic mass is 32.1. The molecule has 0 saturated carbocycles. The fraction of sp³-hybridized carbons (Fsp3) is 0.500. The molecule has 4 heterocycles. The summed E-state index contributed by atoms with van der Waals surface area (Å²) in [5.74, 6) is -0.00139. The van der Waals surface area contributed by atoms with Crippen LogP contribution in [0.1, 0.15) is 60.5 Å². The van der Waals surface area contributed by atoms with Crippen LogP contribution in [-0.4, -0.2) is 45.5 Å². The fourth-order valence-electron chi connectivity index (χ4n) is 4.77. The smallest absolute Gasteiger partial charge is 0.263 e. The minimum atomic E-state index is -0.00139. The van der Waals surface area contributed by atoms with Crippen LogP contribution in [0.5, 0.6) is 0 Å². The molecule has 1 aliphatic heterocycles. The molecule has 3 aromatic rings. The predicted molar refractivity (Wildman–Crippen MR) is 125 cm³/mol. The number of piperidine rings is 1. The van der Waals surface area contributed by atoms with Gasteiger partial charge in [-0.25, -0.2) is 4.98 Å². The van der Waals surface area contributed by atoms with Gasteiger partial charge in [0, 0.05) is 48.6 Å². The van der Waals surface area contributed by atoms with Gasteiger partial charge in [-0.05, 0) is 70.7 Å². The first-order valence-electron chi connectivity index (χ1n) is 11.0. The van der Waals surface area contributed by atoms with Gasteiger partial charge in [0.2, 0.25) is 0 Å². The van der Waals surface area contributed by atoms with Crippen LogP contribution in [0.2, 0.25) is 0 Å². The van der Waals surface area contributed by atoms with E-state index in [0.29, 0.717) is 18.6 Å². The summed E-state index contributed by atoms with van der Waals surface area (Å²) in [6.45, 7) is 10.5. The molecule has 0 bridgehead atoms. The number of likely N-dealkylation sites (tertiary alicyclic amines) is 1. The van der Waals surface area contributed by atoms with E-state index in [1.807, 2.05) is 36.0 Å². The number of rotatable bonds is 6. The van der Waals surface area contributed by atoms with Crippen molar-refractivity contribution in [2.24, 2.45) is 0 Å². The molecule has 1 fully saturated rings. The number of carbonyl (C=O) groups is 1. The van der Waals surface area contributed by atoms with E-state index >= 15 is 0 Å². The van der Waals surface area contributed by atoms with E-state index < -0.39 is 0 Å². The number of fused-ring (bicyclic) bond motifs is 1. The fourth-order valence-corrected chi connectivity index (χ4v) is 5.98. The molecule has 0 unspecified atom stereocenters. The van der Waals surface area contributed by atoms with Crippen LogP contribution in [0.25, 0.3) is 15.9 Å². The second-order valence-electron chi connectivity index (χ2n) is 8.61. The normalized spacial score (nSPS) is 20.0. The molecule has 2 atom stereocenters. The number of carbonyl (C=O) groups excluding carboxylic acids is 1. The van der Waals surface area contributed by atoms with Crippen molar-refractivity contribution in [2.45, 2.75) is 65.5 Å². The van der Waals surface area contributed by atoms with Crippen LogP contribution in [0.4, 0.5) is 0 Å². The summed E-state index contributed by atoms with van der Waals surface area (Å²) >= 11 is 1.49. The lowest BCUT2D eigenvalue weighted by atomic mass is 9.97. The molecule has 4 rings (SSSR count). The SMILES string of the molecule is Cc1cc(C)c2c(-n3cccc3)c(C(=O)NCCCN3[C@H](C)CCC[C@@H]3C)sc2n1. The summed E-state index contributed by atoms with van der Waals surface area (Å²) in [6.07, 6.45) is 8.86. The molecule has 0 aliphatic carbocycles. The van der Waals surface area contributed by atoms with Crippen LogP contribution < -0.4 is 5.32 Å². The van der Waals surface area contributed by atoms with Gasteiger partial charge in [-0.3, -0.25) is 9.69 Å². The van der Waals surface area contributed by atoms with E-state index in [0.717, 1.165) is 45.0 Å². The first kappa shape index (κ1) is 21.1. The lowest BCUT2D eigenvalue weighted by Gasteiger charge is -2.39. The molecule has 1 N–H and O–H groups in total. The maximum absolute atomic E-state index is 13.2. The average Bonchev–Trinajstić information content (AvgIpc) is 3.34. The molecule has 1 amide bonds. The number of pyridine rings is 1. The third kappa shape index (κ3) is 4.16. The zero-order valence-electron chi connectivity index (χ0n) is 18.4. The van der Waals surface area contributed by atoms with Crippen LogP contribution in [0.15, 0.2) is 30.6 Å². The number of hydrogen-bond donors (Lipinski definition) is 1. The van der Waals surface area contributed by atoms with Crippen LogP contribution >= 0.6 is 11.3 Å². The van der Waals surface area contributed by atoms with Crippen LogP contribution in [0.3, 0.4) is 0 Å². The average molecular weight is 425 g/mol. The van der Waals surface area contributed by atoms with Crippen molar-refractivity contribution in [2.75, 3.05) is 13.1 Å². The molecule has 1 aliphatic rings. The number of aromatic nitrogens is 2. The summed E-state index contributed by atoms with van der Waals surface area (Å²) in [5.41, 5.74) is 3.09. The maximum atomic E-state index is 13.2. The van der Waals surface area contributed by atoms with Crippen molar-refractivity contribution < 1.29 is 4.79 Å².